The van der Waals surface area contributed by atoms with Crippen LogP contribution in [0.5, 0.6) is 17.2 Å². The van der Waals surface area contributed by atoms with Crippen LogP contribution in [0.1, 0.15) is 141 Å². The van der Waals surface area contributed by atoms with Crippen LogP contribution < -0.4 is 16.8 Å². The molecular weight excluding hydrogens is 2330 g/mol. The lowest BCUT2D eigenvalue weighted by Gasteiger charge is -2.26. The number of nitrogens with two attached hydrogens (primary N) is 2. The summed E-state index contributed by atoms with van der Waals surface area (Å²) in [6, 6.07) is 34.1. The average Bonchev–Trinajstić information content (AvgIpc) is 1.69. The Hall–Kier alpha value is -9.80. The number of allylic oxidation sites excluding steroid dienone is 3. The lowest BCUT2D eigenvalue weighted by Crippen LogP contribution is -2.23. The van der Waals surface area contributed by atoms with E-state index in [1.54, 1.807) is 70.2 Å². The van der Waals surface area contributed by atoms with Crippen LogP contribution in [0.25, 0.3) is 84.8 Å². The number of nitrogens with zero attached hydrogens (tertiary/aromatic N) is 7. The summed E-state index contributed by atoms with van der Waals surface area (Å²) in [5.74, 6) is -7.04. The highest BCUT2D eigenvalue weighted by Gasteiger charge is 2.37. The molecular formula is C97H95Br8F6N10O15P. The van der Waals surface area contributed by atoms with Gasteiger partial charge in [0.05, 0.1) is 30.0 Å². The molecule has 8 N–H and O–H groups in total. The van der Waals surface area contributed by atoms with Crippen molar-refractivity contribution in [3.8, 4) is 17.2 Å². The number of anilines is 3. The van der Waals surface area contributed by atoms with E-state index < -0.39 is 30.3 Å². The molecule has 40 heteroatoms. The first kappa shape index (κ1) is 109. The Kier molecular flexibility index (Phi) is 40.5. The number of alkyl halides is 7. The van der Waals surface area contributed by atoms with E-state index in [0.717, 1.165) is 110 Å². The van der Waals surface area contributed by atoms with E-state index in [1.165, 1.54) is 50.5 Å². The van der Waals surface area contributed by atoms with E-state index in [1.807, 2.05) is 117 Å². The number of aryl methyl sites for hydroxylation is 4. The third-order valence-corrected chi connectivity index (χ3v) is 27.2. The highest BCUT2D eigenvalue weighted by Crippen LogP contribution is 2.53. The molecule has 137 heavy (non-hydrogen) atoms. The van der Waals surface area contributed by atoms with E-state index in [0.29, 0.717) is 118 Å². The first-order valence-corrected chi connectivity index (χ1v) is 50.9. The number of benzene rings is 9. The molecule has 3 aliphatic carbocycles. The summed E-state index contributed by atoms with van der Waals surface area (Å²) in [4.78, 5) is 45.7. The first-order chi connectivity index (χ1) is 65.0. The number of hydrogen-bond acceptors (Lipinski definition) is 23. The number of aromatic hydroxyl groups is 3. The normalized spacial score (nSPS) is 14.7. The molecule has 3 fully saturated rings. The molecule has 0 aliphatic heterocycles. The fourth-order valence-electron chi connectivity index (χ4n) is 14.4. The Balaban J connectivity index is 0.000000162. The van der Waals surface area contributed by atoms with Crippen LogP contribution in [0.4, 0.5) is 49.1 Å². The molecule has 25 nitrogen and oxygen atoms in total. The van der Waals surface area contributed by atoms with Gasteiger partial charge in [0.25, 0.3) is 0 Å². The van der Waals surface area contributed by atoms with Gasteiger partial charge in [0.15, 0.2) is 77.6 Å². The fraction of sp³-hybridized carbons (Fsp3) is 0.289. The van der Waals surface area contributed by atoms with Gasteiger partial charge in [-0.05, 0) is 235 Å². The highest BCUT2D eigenvalue weighted by molar-refractivity contribution is 9.11. The third kappa shape index (κ3) is 32.9. The van der Waals surface area contributed by atoms with Crippen LogP contribution in [-0.4, -0.2) is 87.0 Å². The van der Waals surface area contributed by atoms with Crippen molar-refractivity contribution in [2.45, 2.75) is 148 Å². The lowest BCUT2D eigenvalue weighted by molar-refractivity contribution is -0.386. The molecule has 6 heterocycles. The minimum atomic E-state index is -3.15. The third-order valence-electron chi connectivity index (χ3n) is 21.3. The quantitative estimate of drug-likeness (QED) is 0.00765. The molecule has 0 bridgehead atoms. The van der Waals surface area contributed by atoms with E-state index in [9.17, 15) is 56.0 Å². The molecule has 0 atom stereocenters. The van der Waals surface area contributed by atoms with E-state index in [-0.39, 0.29) is 85.5 Å². The second-order valence-electron chi connectivity index (χ2n) is 31.8. The second kappa shape index (κ2) is 50.9. The van der Waals surface area contributed by atoms with Crippen LogP contribution in [0.2, 0.25) is 0 Å². The second-order valence-corrected chi connectivity index (χ2v) is 40.8. The van der Waals surface area contributed by atoms with Gasteiger partial charge in [-0.15, -0.1) is 0 Å². The number of aromatic nitrogens is 6. The maximum Gasteiger partial charge on any atom is 0.335 e. The zero-order valence-corrected chi connectivity index (χ0v) is 88.1. The number of oxazole rings is 6. The average molecular weight is 2430 g/mol. The summed E-state index contributed by atoms with van der Waals surface area (Å²) in [6.07, 6.45) is 24.2. The Bertz CT molecular complexity index is 6650. The number of fused-ring (bicyclic) bond motifs is 6. The van der Waals surface area contributed by atoms with E-state index >= 15 is 0 Å². The Morgan fingerprint density at radius 3 is 1.27 bits per heavy atom. The van der Waals surface area contributed by atoms with E-state index in [2.05, 4.69) is 169 Å². The number of rotatable bonds is 16. The standard InChI is InChI=1S/C18H18F2N2O2.C15H14BrF2NO.C15H16F2N2O.C12H15BrNO4P.C8H5Br2NO.C8H6BrNO.C7H6BrNO3.C7H8BrNO.C7H7BrO/c1-2-16(23)22-14-9-13(17-15(10-14)21-11-24-17)4-3-12-5-7-18(19,20)8-6-12;16-12-7-11(14-13(8-12)19-9-20-14)2-1-10-3-5-15(17,18)6-4-10;16-15(17)5-3-10(4-6-15)1-2-11-7-12(18)8-13-14(11)20-9-19-13;1-3-17-19(15,18-4-2)7-9-5-10(13)6-11-12(9)16-8-14-11;9-3-5-1-6(10)2-7-8(5)12-4-11-7;1-5-2-6(9)3-7-8(5)11-4-10-7;1-4-2-5(8)3-6(7(4)10)9(11)12;1-4-2-5(8)3-6(9)7(4)10;1-5-4-6(8)2-3-7(5)9/h2-4,9-12H,1,5-8H2,(H,22,23);1-2,7-10H,3-6H2;1-2,7-10H,3-6,18H2;5-6,8H,3-4,7H2,1-2H3;1-2,4H,3H2;2-4H,1H3;2-3,10H,1H3;2-3,10H,9H2,1H3;2-4,9H,1H3/b4-3+;2*2-1+;;;;;;. The molecule has 6 aromatic heterocycles. The van der Waals surface area contributed by atoms with Crippen LogP contribution in [0.15, 0.2) is 242 Å². The number of nitrogens with one attached hydrogen (secondary N) is 1. The van der Waals surface area contributed by atoms with Crippen molar-refractivity contribution in [1.82, 2.24) is 29.9 Å². The van der Waals surface area contributed by atoms with Gasteiger partial charge in [-0.1, -0.05) is 170 Å². The Labute approximate surface area is 851 Å². The topological polar surface area (TPSA) is 377 Å². The smallest absolute Gasteiger partial charge is 0.335 e. The van der Waals surface area contributed by atoms with Gasteiger partial charge in [-0.25, -0.2) is 56.2 Å². The molecule has 0 radical (unpaired) electrons. The number of carbonyl (C=O) groups is 1. The van der Waals surface area contributed by atoms with Crippen molar-refractivity contribution in [3.05, 3.63) is 276 Å². The number of phenols is 3. The summed E-state index contributed by atoms with van der Waals surface area (Å²) in [6.45, 7) is 14.9. The number of nitro groups is 1. The lowest BCUT2D eigenvalue weighted by atomic mass is 9.86. The van der Waals surface area contributed by atoms with Gasteiger partial charge < -0.3 is 67.7 Å². The fourth-order valence-corrected chi connectivity index (χ4v) is 20.1. The van der Waals surface area contributed by atoms with Crippen molar-refractivity contribution < 1.29 is 91.5 Å². The monoisotopic (exact) mass is 2420 g/mol. The molecule has 0 unspecified atom stereocenters. The molecule has 0 spiro atoms. The van der Waals surface area contributed by atoms with Crippen molar-refractivity contribution in [1.29, 1.82) is 0 Å². The number of nitrogen functional groups attached to an aromatic ring is 2. The summed E-state index contributed by atoms with van der Waals surface area (Å²) in [7, 11) is -3.15. The molecule has 15 aromatic rings. The van der Waals surface area contributed by atoms with Crippen molar-refractivity contribution in [2.75, 3.05) is 30.0 Å². The first-order valence-electron chi connectivity index (χ1n) is 42.5. The highest BCUT2D eigenvalue weighted by atomic mass is 79.9. The number of phenolic OH excluding ortho intramolecular Hbond substituents is 3. The number of halogens is 14. The molecule has 18 rings (SSSR count). The molecule has 9 aromatic carbocycles. The minimum absolute atomic E-state index is 0.0157. The van der Waals surface area contributed by atoms with Crippen LogP contribution in [0, 0.1) is 55.6 Å². The largest absolute Gasteiger partial charge is 0.508 e. The van der Waals surface area contributed by atoms with Crippen LogP contribution in [0.3, 0.4) is 0 Å². The van der Waals surface area contributed by atoms with Crippen LogP contribution >= 0.6 is 135 Å². The summed E-state index contributed by atoms with van der Waals surface area (Å²) in [5.41, 5.74) is 29.2. The number of amides is 1. The maximum absolute atomic E-state index is 13.2. The Morgan fingerprint density at radius 2 is 0.839 bits per heavy atom. The van der Waals surface area contributed by atoms with Crippen LogP contribution in [-0.2, 0) is 29.9 Å². The SMILES string of the molecule is BrCc1cc(Br)cc2ncoc12.C=CC(=O)Nc1cc(/C=C/C2CCC(F)(F)CC2)c2ocnc2c1.CCOP(=O)(Cc1cc(Br)cc2ncoc12)OCC.Cc1cc(Br)cc(N)c1O.Cc1cc(Br)cc([N+](=O)[O-])c1O.Cc1cc(Br)cc2ncoc12.Cc1cc(Br)ccc1O.FC1(F)CCC(/C=C/c2cc(Br)cc3ncoc23)CC1.Nc1cc(/C=C/C2CCC(F)(F)CC2)c2ocnc2c1. The van der Waals surface area contributed by atoms with Gasteiger partial charge in [-0.2, -0.15) is 0 Å². The summed E-state index contributed by atoms with van der Waals surface area (Å²) < 4.78 is 140. The van der Waals surface area contributed by atoms with Crippen molar-refractivity contribution in [3.63, 3.8) is 0 Å². The zero-order valence-electron chi connectivity index (χ0n) is 74.5. The van der Waals surface area contributed by atoms with Gasteiger partial charge in [-0.3, -0.25) is 19.5 Å². The summed E-state index contributed by atoms with van der Waals surface area (Å²) in [5, 5.41) is 41.3. The molecule has 1 amide bonds. The van der Waals surface area contributed by atoms with Gasteiger partial charge >= 0.3 is 13.3 Å². The number of carbonyl (C=O) groups excluding carboxylic acids is 1. The molecule has 726 valence electrons. The predicted molar refractivity (Wildman–Crippen MR) is 551 cm³/mol. The summed E-state index contributed by atoms with van der Waals surface area (Å²) >= 11 is 26.7. The zero-order chi connectivity index (χ0) is 99.6. The molecule has 3 saturated carbocycles. The molecule has 0 saturated heterocycles. The predicted octanol–water partition coefficient (Wildman–Crippen LogP) is 32.1. The minimum Gasteiger partial charge on any atom is -0.508 e. The molecule has 3 aliphatic rings. The van der Waals surface area contributed by atoms with Crippen molar-refractivity contribution in [2.24, 2.45) is 17.8 Å². The number of nitro benzene ring substituents is 1. The van der Waals surface area contributed by atoms with Gasteiger partial charge in [0.2, 0.25) is 23.7 Å². The van der Waals surface area contributed by atoms with Gasteiger partial charge in [0.1, 0.15) is 44.6 Å². The van der Waals surface area contributed by atoms with Gasteiger partial charge in [0, 0.05) is 120 Å². The number of hydrogen-bond donors (Lipinski definition) is 6. The Morgan fingerprint density at radius 1 is 0.482 bits per heavy atom. The van der Waals surface area contributed by atoms with Crippen molar-refractivity contribution >= 4 is 249 Å². The maximum atomic E-state index is 13.2. The van der Waals surface area contributed by atoms with E-state index in [4.69, 9.17) is 52.1 Å².